The first-order chi connectivity index (χ1) is 14.4. The van der Waals surface area contributed by atoms with Crippen molar-refractivity contribution in [1.29, 1.82) is 0 Å². The summed E-state index contributed by atoms with van der Waals surface area (Å²) in [7, 11) is -2.05. The second-order valence-corrected chi connectivity index (χ2v) is 10.4. The molecule has 0 radical (unpaired) electrons. The highest BCUT2D eigenvalue weighted by Crippen LogP contribution is 2.30. The van der Waals surface area contributed by atoms with Gasteiger partial charge in [-0.3, -0.25) is 4.79 Å². The molecule has 0 saturated carbocycles. The van der Waals surface area contributed by atoms with Crippen LogP contribution in [-0.4, -0.2) is 37.1 Å². The molecule has 0 saturated heterocycles. The van der Waals surface area contributed by atoms with E-state index in [0.717, 1.165) is 16.7 Å². The van der Waals surface area contributed by atoms with Crippen molar-refractivity contribution in [2.45, 2.75) is 31.3 Å². The molecule has 2 heterocycles. The fraction of sp³-hybridized carbons (Fsp3) is 0.261. The Hall–Kier alpha value is -2.48. The number of fused-ring (bicyclic) bond motifs is 1. The number of carbonyl (C=O) groups excluding carboxylic acids is 1. The van der Waals surface area contributed by atoms with E-state index in [0.29, 0.717) is 26.1 Å². The largest absolute Gasteiger partial charge is 0.337 e. The van der Waals surface area contributed by atoms with E-state index in [1.165, 1.54) is 21.2 Å². The van der Waals surface area contributed by atoms with E-state index in [9.17, 15) is 13.2 Å². The van der Waals surface area contributed by atoms with E-state index in [1.54, 1.807) is 23.4 Å². The third-order valence-electron chi connectivity index (χ3n) is 5.42. The highest BCUT2D eigenvalue weighted by atomic mass is 32.2. The number of hydrogen-bond donors (Lipinski definition) is 0. The SMILES string of the molecule is Cc1ccc(CN(C)C(=O)c2sccc2S(=O)(=O)N2CCc3ccccc3C2)cc1. The third-order valence-corrected chi connectivity index (χ3v) is 8.34. The molecule has 7 heteroatoms. The van der Waals surface area contributed by atoms with Gasteiger partial charge in [0.2, 0.25) is 10.0 Å². The molecule has 0 spiro atoms. The Morgan fingerprint density at radius 2 is 1.77 bits per heavy atom. The summed E-state index contributed by atoms with van der Waals surface area (Å²) in [5, 5.41) is 1.68. The average Bonchev–Trinajstić information content (AvgIpc) is 3.25. The van der Waals surface area contributed by atoms with Gasteiger partial charge in [0.1, 0.15) is 9.77 Å². The topological polar surface area (TPSA) is 57.7 Å². The Morgan fingerprint density at radius 1 is 1.07 bits per heavy atom. The van der Waals surface area contributed by atoms with E-state index >= 15 is 0 Å². The molecule has 3 aromatic rings. The maximum atomic E-state index is 13.4. The van der Waals surface area contributed by atoms with Gasteiger partial charge in [0.05, 0.1) is 0 Å². The van der Waals surface area contributed by atoms with Crippen LogP contribution < -0.4 is 0 Å². The number of sulfonamides is 1. The smallest absolute Gasteiger partial charge is 0.265 e. The quantitative estimate of drug-likeness (QED) is 0.601. The van der Waals surface area contributed by atoms with Crippen molar-refractivity contribution in [1.82, 2.24) is 9.21 Å². The van der Waals surface area contributed by atoms with Crippen LogP contribution in [0.1, 0.15) is 31.9 Å². The number of rotatable bonds is 5. The zero-order valence-electron chi connectivity index (χ0n) is 17.0. The van der Waals surface area contributed by atoms with Crippen LogP contribution in [0.15, 0.2) is 64.9 Å². The minimum Gasteiger partial charge on any atom is -0.337 e. The summed E-state index contributed by atoms with van der Waals surface area (Å²) in [6.07, 6.45) is 0.677. The molecule has 30 heavy (non-hydrogen) atoms. The first-order valence-electron chi connectivity index (χ1n) is 9.81. The number of aryl methyl sites for hydroxylation is 1. The van der Waals surface area contributed by atoms with Gasteiger partial charge in [-0.15, -0.1) is 11.3 Å². The monoisotopic (exact) mass is 440 g/mol. The lowest BCUT2D eigenvalue weighted by Gasteiger charge is -2.28. The molecule has 0 unspecified atom stereocenters. The molecule has 1 amide bonds. The predicted molar refractivity (Wildman–Crippen MR) is 119 cm³/mol. The molecule has 1 aliphatic rings. The first-order valence-corrected chi connectivity index (χ1v) is 12.1. The van der Waals surface area contributed by atoms with E-state index in [2.05, 4.69) is 0 Å². The predicted octanol–water partition coefficient (Wildman–Crippen LogP) is 4.08. The first kappa shape index (κ1) is 20.8. The lowest BCUT2D eigenvalue weighted by Crippen LogP contribution is -2.37. The van der Waals surface area contributed by atoms with Crippen molar-refractivity contribution in [2.75, 3.05) is 13.6 Å². The highest BCUT2D eigenvalue weighted by Gasteiger charge is 2.33. The molecule has 0 aliphatic carbocycles. The lowest BCUT2D eigenvalue weighted by molar-refractivity contribution is 0.0786. The Balaban J connectivity index is 1.56. The van der Waals surface area contributed by atoms with Crippen LogP contribution in [0.2, 0.25) is 0 Å². The van der Waals surface area contributed by atoms with Gasteiger partial charge in [-0.1, -0.05) is 54.1 Å². The maximum absolute atomic E-state index is 13.4. The second kappa shape index (κ2) is 8.34. The fourth-order valence-corrected chi connectivity index (χ4v) is 6.49. The van der Waals surface area contributed by atoms with Crippen LogP contribution >= 0.6 is 11.3 Å². The Labute approximate surface area is 181 Å². The standard InChI is InChI=1S/C23H24N2O3S2/c1-17-7-9-18(10-8-17)15-24(2)23(26)22-21(12-14-29-22)30(27,28)25-13-11-19-5-3-4-6-20(19)16-25/h3-10,12,14H,11,13,15-16H2,1-2H3. The van der Waals surface area contributed by atoms with Crippen LogP contribution in [0.5, 0.6) is 0 Å². The molecule has 0 bridgehead atoms. The van der Waals surface area contributed by atoms with Crippen molar-refractivity contribution in [3.63, 3.8) is 0 Å². The number of benzene rings is 2. The van der Waals surface area contributed by atoms with Gasteiger partial charge in [0, 0.05) is 26.7 Å². The molecule has 0 N–H and O–H groups in total. The van der Waals surface area contributed by atoms with Gasteiger partial charge >= 0.3 is 0 Å². The lowest BCUT2D eigenvalue weighted by atomic mass is 10.0. The number of nitrogens with zero attached hydrogens (tertiary/aromatic N) is 2. The van der Waals surface area contributed by atoms with Crippen molar-refractivity contribution in [3.05, 3.63) is 87.1 Å². The van der Waals surface area contributed by atoms with Crippen LogP contribution in [-0.2, 0) is 29.5 Å². The van der Waals surface area contributed by atoms with Crippen molar-refractivity contribution in [2.24, 2.45) is 0 Å². The van der Waals surface area contributed by atoms with Crippen LogP contribution in [0.25, 0.3) is 0 Å². The van der Waals surface area contributed by atoms with Crippen LogP contribution in [0, 0.1) is 6.92 Å². The van der Waals surface area contributed by atoms with E-state index in [1.807, 2.05) is 55.5 Å². The molecule has 0 fully saturated rings. The van der Waals surface area contributed by atoms with Gasteiger partial charge in [0.25, 0.3) is 5.91 Å². The normalized spacial score (nSPS) is 14.3. The van der Waals surface area contributed by atoms with Crippen molar-refractivity contribution < 1.29 is 13.2 Å². The van der Waals surface area contributed by atoms with Crippen molar-refractivity contribution in [3.8, 4) is 0 Å². The van der Waals surface area contributed by atoms with E-state index in [-0.39, 0.29) is 15.7 Å². The summed E-state index contributed by atoms with van der Waals surface area (Å²) in [5.41, 5.74) is 4.36. The Kier molecular flexibility index (Phi) is 5.77. The van der Waals surface area contributed by atoms with E-state index < -0.39 is 10.0 Å². The zero-order valence-corrected chi connectivity index (χ0v) is 18.7. The average molecular weight is 441 g/mol. The fourth-order valence-electron chi connectivity index (χ4n) is 3.68. The number of amides is 1. The van der Waals surface area contributed by atoms with Gasteiger partial charge in [-0.05, 0) is 41.5 Å². The highest BCUT2D eigenvalue weighted by molar-refractivity contribution is 7.89. The van der Waals surface area contributed by atoms with Gasteiger partial charge < -0.3 is 4.90 Å². The zero-order chi connectivity index (χ0) is 21.3. The number of hydrogen-bond acceptors (Lipinski definition) is 4. The summed E-state index contributed by atoms with van der Waals surface area (Å²) in [4.78, 5) is 15.0. The third kappa shape index (κ3) is 4.05. The maximum Gasteiger partial charge on any atom is 0.265 e. The molecule has 2 aromatic carbocycles. The summed E-state index contributed by atoms with van der Waals surface area (Å²) in [6, 6.07) is 17.4. The second-order valence-electron chi connectivity index (χ2n) is 7.62. The molecule has 1 aliphatic heterocycles. The van der Waals surface area contributed by atoms with Gasteiger partial charge in [-0.25, -0.2) is 8.42 Å². The molecule has 1 aromatic heterocycles. The minimum absolute atomic E-state index is 0.104. The number of carbonyl (C=O) groups is 1. The van der Waals surface area contributed by atoms with Crippen molar-refractivity contribution >= 4 is 27.3 Å². The van der Waals surface area contributed by atoms with Crippen LogP contribution in [0.4, 0.5) is 0 Å². The molecule has 156 valence electrons. The molecule has 0 atom stereocenters. The van der Waals surface area contributed by atoms with E-state index in [4.69, 9.17) is 0 Å². The van der Waals surface area contributed by atoms with Crippen LogP contribution in [0.3, 0.4) is 0 Å². The van der Waals surface area contributed by atoms with Gasteiger partial charge in [-0.2, -0.15) is 4.31 Å². The minimum atomic E-state index is -3.75. The Morgan fingerprint density at radius 3 is 2.50 bits per heavy atom. The molecule has 5 nitrogen and oxygen atoms in total. The summed E-state index contributed by atoms with van der Waals surface area (Å²) < 4.78 is 28.2. The molecular weight excluding hydrogens is 416 g/mol. The number of thiophene rings is 1. The molecular formula is C23H24N2O3S2. The molecule has 4 rings (SSSR count). The summed E-state index contributed by atoms with van der Waals surface area (Å²) in [5.74, 6) is -0.276. The van der Waals surface area contributed by atoms with Gasteiger partial charge in [0.15, 0.2) is 0 Å². The summed E-state index contributed by atoms with van der Waals surface area (Å²) >= 11 is 1.18. The summed E-state index contributed by atoms with van der Waals surface area (Å²) in [6.45, 7) is 3.19. The Bertz CT molecular complexity index is 1170.